The number of hydrogen-bond acceptors (Lipinski definition) is 5. The molecule has 0 aromatic carbocycles. The van der Waals surface area contributed by atoms with Gasteiger partial charge >= 0.3 is 12.1 Å². The van der Waals surface area contributed by atoms with Crippen LogP contribution in [0.3, 0.4) is 0 Å². The van der Waals surface area contributed by atoms with Crippen molar-refractivity contribution in [2.45, 2.75) is 31.6 Å². The van der Waals surface area contributed by atoms with Gasteiger partial charge in [0, 0.05) is 6.04 Å². The highest BCUT2D eigenvalue weighted by Gasteiger charge is 2.33. The molecule has 2 atom stereocenters. The van der Waals surface area contributed by atoms with Gasteiger partial charge in [-0.05, 0) is 13.3 Å². The van der Waals surface area contributed by atoms with Crippen LogP contribution in [0.15, 0.2) is 0 Å². The molecule has 0 bridgehead atoms. The summed E-state index contributed by atoms with van der Waals surface area (Å²) in [7, 11) is -3.10. The van der Waals surface area contributed by atoms with Crippen LogP contribution in [0.1, 0.15) is 13.3 Å². The summed E-state index contributed by atoms with van der Waals surface area (Å²) in [5, 5.41) is 2.65. The molecule has 0 unspecified atom stereocenters. The maximum Gasteiger partial charge on any atom is 0.422 e. The number of rotatable bonds is 4. The number of carbonyl (C=O) groups is 1. The Balaban J connectivity index is 2.37. The number of hydrogen-bond donors (Lipinski definition) is 1. The molecule has 1 fully saturated rings. The molecule has 9 heteroatoms. The van der Waals surface area contributed by atoms with Crippen molar-refractivity contribution in [3.8, 4) is 0 Å². The SMILES string of the molecule is C[C@@H](N[C@H]1CCS(=O)(=O)C1)C(=O)OCC(F)(F)F. The summed E-state index contributed by atoms with van der Waals surface area (Å²) in [6.45, 7) is -0.301. The first-order chi connectivity index (χ1) is 8.09. The van der Waals surface area contributed by atoms with E-state index in [9.17, 15) is 26.4 Å². The van der Waals surface area contributed by atoms with E-state index in [-0.39, 0.29) is 11.5 Å². The molecule has 18 heavy (non-hydrogen) atoms. The predicted octanol–water partition coefficient (Wildman–Crippen LogP) is 0.257. The van der Waals surface area contributed by atoms with Crippen LogP contribution < -0.4 is 5.32 Å². The summed E-state index contributed by atoms with van der Waals surface area (Å²) in [5.41, 5.74) is 0. The molecule has 1 heterocycles. The Labute approximate surface area is 103 Å². The topological polar surface area (TPSA) is 72.5 Å². The summed E-state index contributed by atoms with van der Waals surface area (Å²) in [5.74, 6) is -1.13. The van der Waals surface area contributed by atoms with Gasteiger partial charge in [-0.25, -0.2) is 8.42 Å². The molecule has 0 spiro atoms. The molecule has 0 radical (unpaired) electrons. The Morgan fingerprint density at radius 1 is 1.50 bits per heavy atom. The second-order valence-electron chi connectivity index (χ2n) is 4.21. The molecule has 5 nitrogen and oxygen atoms in total. The molecule has 0 aliphatic carbocycles. The van der Waals surface area contributed by atoms with E-state index < -0.39 is 40.7 Å². The van der Waals surface area contributed by atoms with Gasteiger partial charge < -0.3 is 10.1 Å². The lowest BCUT2D eigenvalue weighted by Crippen LogP contribution is -2.43. The standard InChI is InChI=1S/C9H14F3NO4S/c1-6(8(14)17-5-9(10,11)12)13-7-2-3-18(15,16)4-7/h6-7,13H,2-5H2,1H3/t6-,7+/m1/s1. The smallest absolute Gasteiger partial charge is 0.422 e. The number of halogens is 3. The van der Waals surface area contributed by atoms with E-state index in [2.05, 4.69) is 10.1 Å². The van der Waals surface area contributed by atoms with Gasteiger partial charge in [0.05, 0.1) is 11.5 Å². The molecule has 1 aliphatic rings. The fourth-order valence-electron chi connectivity index (χ4n) is 1.63. The Hall–Kier alpha value is -0.830. The highest BCUT2D eigenvalue weighted by Crippen LogP contribution is 2.15. The van der Waals surface area contributed by atoms with E-state index in [0.29, 0.717) is 6.42 Å². The summed E-state index contributed by atoms with van der Waals surface area (Å²) in [4.78, 5) is 11.2. The minimum atomic E-state index is -4.56. The minimum Gasteiger partial charge on any atom is -0.455 e. The molecule has 106 valence electrons. The molecule has 1 rings (SSSR count). The maximum absolute atomic E-state index is 11.8. The second kappa shape index (κ2) is 5.43. The monoisotopic (exact) mass is 289 g/mol. The first-order valence-electron chi connectivity index (χ1n) is 5.29. The van der Waals surface area contributed by atoms with E-state index >= 15 is 0 Å². The number of ether oxygens (including phenoxy) is 1. The second-order valence-corrected chi connectivity index (χ2v) is 6.44. The molecule has 1 aliphatic heterocycles. The minimum absolute atomic E-state index is 0.0228. The van der Waals surface area contributed by atoms with Crippen molar-refractivity contribution in [1.29, 1.82) is 0 Å². The third-order valence-electron chi connectivity index (χ3n) is 2.45. The fourth-order valence-corrected chi connectivity index (χ4v) is 3.31. The van der Waals surface area contributed by atoms with Gasteiger partial charge in [-0.15, -0.1) is 0 Å². The van der Waals surface area contributed by atoms with Crippen LogP contribution in [-0.2, 0) is 19.4 Å². The number of esters is 1. The molecule has 0 amide bonds. The van der Waals surface area contributed by atoms with E-state index in [1.54, 1.807) is 0 Å². The highest BCUT2D eigenvalue weighted by molar-refractivity contribution is 7.91. The summed E-state index contributed by atoms with van der Waals surface area (Å²) >= 11 is 0. The number of alkyl halides is 3. The van der Waals surface area contributed by atoms with Gasteiger partial charge in [0.25, 0.3) is 0 Å². The summed E-state index contributed by atoms with van der Waals surface area (Å²) in [6.07, 6.45) is -4.22. The van der Waals surface area contributed by atoms with Gasteiger partial charge in [0.15, 0.2) is 16.4 Å². The Kier molecular flexibility index (Phi) is 4.60. The summed E-state index contributed by atoms with van der Waals surface area (Å²) in [6, 6.07) is -1.38. The van der Waals surface area contributed by atoms with Crippen molar-refractivity contribution in [3.05, 3.63) is 0 Å². The average Bonchev–Trinajstić information content (AvgIpc) is 2.53. The lowest BCUT2D eigenvalue weighted by molar-refractivity contribution is -0.187. The van der Waals surface area contributed by atoms with Crippen LogP contribution in [0, 0.1) is 0 Å². The van der Waals surface area contributed by atoms with E-state index in [0.717, 1.165) is 0 Å². The zero-order chi connectivity index (χ0) is 14.0. The molecule has 0 saturated carbocycles. The van der Waals surface area contributed by atoms with Crippen LogP contribution in [0.2, 0.25) is 0 Å². The van der Waals surface area contributed by atoms with Crippen molar-refractivity contribution in [3.63, 3.8) is 0 Å². The lowest BCUT2D eigenvalue weighted by atomic mass is 10.2. The van der Waals surface area contributed by atoms with Crippen LogP contribution in [-0.4, -0.2) is 50.8 Å². The molecule has 0 aromatic heterocycles. The Bertz CT molecular complexity index is 407. The van der Waals surface area contributed by atoms with Crippen LogP contribution in [0.25, 0.3) is 0 Å². The van der Waals surface area contributed by atoms with Crippen LogP contribution in [0.5, 0.6) is 0 Å². The average molecular weight is 289 g/mol. The third kappa shape index (κ3) is 5.21. The lowest BCUT2D eigenvalue weighted by Gasteiger charge is -2.17. The predicted molar refractivity (Wildman–Crippen MR) is 56.7 cm³/mol. The molecule has 0 aromatic rings. The van der Waals surface area contributed by atoms with Gasteiger partial charge in [-0.2, -0.15) is 13.2 Å². The Morgan fingerprint density at radius 3 is 2.56 bits per heavy atom. The van der Waals surface area contributed by atoms with Gasteiger partial charge in [-0.1, -0.05) is 0 Å². The largest absolute Gasteiger partial charge is 0.455 e. The van der Waals surface area contributed by atoms with Crippen molar-refractivity contribution < 1.29 is 31.1 Å². The fraction of sp³-hybridized carbons (Fsp3) is 0.889. The van der Waals surface area contributed by atoms with Crippen LogP contribution in [0.4, 0.5) is 13.2 Å². The number of carbonyl (C=O) groups excluding carboxylic acids is 1. The zero-order valence-corrected chi connectivity index (χ0v) is 10.5. The molecular weight excluding hydrogens is 275 g/mol. The molecule has 1 saturated heterocycles. The highest BCUT2D eigenvalue weighted by atomic mass is 32.2. The number of nitrogens with one attached hydrogen (secondary N) is 1. The first kappa shape index (κ1) is 15.2. The normalized spacial score (nSPS) is 24.8. The van der Waals surface area contributed by atoms with Crippen molar-refractivity contribution >= 4 is 15.8 Å². The molecular formula is C9H14F3NO4S. The van der Waals surface area contributed by atoms with E-state index in [4.69, 9.17) is 0 Å². The quantitative estimate of drug-likeness (QED) is 0.751. The number of sulfone groups is 1. The first-order valence-corrected chi connectivity index (χ1v) is 7.11. The van der Waals surface area contributed by atoms with Gasteiger partial charge in [-0.3, -0.25) is 4.79 Å². The van der Waals surface area contributed by atoms with E-state index in [1.165, 1.54) is 6.92 Å². The van der Waals surface area contributed by atoms with Crippen LogP contribution >= 0.6 is 0 Å². The molecule has 1 N–H and O–H groups in total. The van der Waals surface area contributed by atoms with Gasteiger partial charge in [0.1, 0.15) is 6.04 Å². The van der Waals surface area contributed by atoms with Crippen molar-refractivity contribution in [2.75, 3.05) is 18.1 Å². The Morgan fingerprint density at radius 2 is 2.11 bits per heavy atom. The maximum atomic E-state index is 11.8. The van der Waals surface area contributed by atoms with Crippen molar-refractivity contribution in [1.82, 2.24) is 5.32 Å². The summed E-state index contributed by atoms with van der Waals surface area (Å²) < 4.78 is 61.8. The zero-order valence-electron chi connectivity index (χ0n) is 9.66. The van der Waals surface area contributed by atoms with Crippen molar-refractivity contribution in [2.24, 2.45) is 0 Å². The third-order valence-corrected chi connectivity index (χ3v) is 4.22. The van der Waals surface area contributed by atoms with E-state index in [1.807, 2.05) is 0 Å². The van der Waals surface area contributed by atoms with Gasteiger partial charge in [0.2, 0.25) is 0 Å².